The lowest BCUT2D eigenvalue weighted by Gasteiger charge is -2.46. The zero-order valence-corrected chi connectivity index (χ0v) is 32.3. The molecule has 2 aliphatic heterocycles. The summed E-state index contributed by atoms with van der Waals surface area (Å²) in [6, 6.07) is 9.44. The van der Waals surface area contributed by atoms with Crippen LogP contribution in [0.25, 0.3) is 0 Å². The number of anilines is 1. The van der Waals surface area contributed by atoms with Gasteiger partial charge in [-0.15, -0.1) is 0 Å². The molecule has 1 fully saturated rings. The monoisotopic (exact) mass is 756 g/mol. The van der Waals surface area contributed by atoms with Crippen molar-refractivity contribution in [2.24, 2.45) is 11.8 Å². The van der Waals surface area contributed by atoms with Gasteiger partial charge in [0.05, 0.1) is 17.2 Å². The molecule has 6 rings (SSSR count). The summed E-state index contributed by atoms with van der Waals surface area (Å²) < 4.78 is 48.1. The summed E-state index contributed by atoms with van der Waals surface area (Å²) in [4.78, 5) is 44.6. The van der Waals surface area contributed by atoms with Crippen molar-refractivity contribution in [2.75, 3.05) is 45.2 Å². The van der Waals surface area contributed by atoms with Crippen molar-refractivity contribution >= 4 is 45.4 Å². The van der Waals surface area contributed by atoms with E-state index in [4.69, 9.17) is 25.8 Å². The van der Waals surface area contributed by atoms with Crippen molar-refractivity contribution in [2.45, 2.75) is 87.9 Å². The molecule has 12 nitrogen and oxygen atoms in total. The van der Waals surface area contributed by atoms with Crippen molar-refractivity contribution in [3.05, 3.63) is 64.7 Å². The van der Waals surface area contributed by atoms with Gasteiger partial charge in [-0.25, -0.2) is 22.7 Å². The molecule has 5 atom stereocenters. The van der Waals surface area contributed by atoms with E-state index in [1.165, 1.54) is 29.0 Å². The number of nitrogens with one attached hydrogen (secondary N) is 1. The molecule has 0 unspecified atom stereocenters. The van der Waals surface area contributed by atoms with E-state index in [9.17, 15) is 22.8 Å². The number of ether oxygens (including phenoxy) is 3. The second-order valence-corrected chi connectivity index (χ2v) is 17.8. The molecule has 0 radical (unpaired) electrons. The molecule has 52 heavy (non-hydrogen) atoms. The molecular formula is C38H49ClN4O8S. The van der Waals surface area contributed by atoms with Crippen molar-refractivity contribution in [3.63, 3.8) is 0 Å². The fourth-order valence-corrected chi connectivity index (χ4v) is 8.99. The van der Waals surface area contributed by atoms with Gasteiger partial charge in [0.2, 0.25) is 0 Å². The first-order chi connectivity index (χ1) is 24.5. The third kappa shape index (κ3) is 7.85. The Morgan fingerprint density at radius 1 is 1.12 bits per heavy atom. The van der Waals surface area contributed by atoms with E-state index >= 15 is 0 Å². The molecule has 14 heteroatoms. The average molecular weight is 757 g/mol. The summed E-state index contributed by atoms with van der Waals surface area (Å²) >= 11 is 6.43. The summed E-state index contributed by atoms with van der Waals surface area (Å²) in [7, 11) is -1.12. The van der Waals surface area contributed by atoms with Crippen LogP contribution in [0.15, 0.2) is 53.4 Å². The molecule has 0 aromatic heterocycles. The Morgan fingerprint density at radius 3 is 2.58 bits per heavy atom. The molecular weight excluding hydrogens is 708 g/mol. The van der Waals surface area contributed by atoms with Crippen LogP contribution in [0, 0.1) is 11.8 Å². The van der Waals surface area contributed by atoms with Crippen LogP contribution < -0.4 is 14.4 Å². The molecule has 4 aliphatic rings. The fraction of sp³-hybridized carbons (Fsp3) is 0.553. The third-order valence-electron chi connectivity index (χ3n) is 10.6. The number of hydrogen-bond acceptors (Lipinski definition) is 9. The lowest BCUT2D eigenvalue weighted by molar-refractivity contribution is -0.123. The normalized spacial score (nSPS) is 27.8. The Balaban J connectivity index is 1.44. The van der Waals surface area contributed by atoms with E-state index in [2.05, 4.69) is 15.7 Å². The smallest absolute Gasteiger partial charge is 0.411 e. The summed E-state index contributed by atoms with van der Waals surface area (Å²) in [6.07, 6.45) is 5.94. The average Bonchev–Trinajstić information content (AvgIpc) is 3.19. The highest BCUT2D eigenvalue weighted by atomic mass is 35.5. The van der Waals surface area contributed by atoms with E-state index in [0.717, 1.165) is 37.0 Å². The molecule has 1 spiro atoms. The fourth-order valence-electron chi connectivity index (χ4n) is 7.73. The van der Waals surface area contributed by atoms with Gasteiger partial charge >= 0.3 is 12.2 Å². The van der Waals surface area contributed by atoms with Crippen LogP contribution in [0.3, 0.4) is 0 Å². The minimum Gasteiger partial charge on any atom is -0.490 e. The zero-order chi connectivity index (χ0) is 37.6. The lowest BCUT2D eigenvalue weighted by atomic mass is 9.68. The summed E-state index contributed by atoms with van der Waals surface area (Å²) in [5, 5.41) is 0.683. The third-order valence-corrected chi connectivity index (χ3v) is 12.2. The van der Waals surface area contributed by atoms with Gasteiger partial charge in [-0.1, -0.05) is 23.7 Å². The number of sulfonamides is 1. The highest BCUT2D eigenvalue weighted by Gasteiger charge is 2.45. The Morgan fingerprint density at radius 2 is 1.88 bits per heavy atom. The number of fused-ring (bicyclic) bond motifs is 4. The highest BCUT2D eigenvalue weighted by Crippen LogP contribution is 2.47. The van der Waals surface area contributed by atoms with E-state index in [0.29, 0.717) is 36.2 Å². The number of nitrogens with zero attached hydrogens (tertiary/aromatic N) is 3. The maximum absolute atomic E-state index is 13.8. The predicted molar refractivity (Wildman–Crippen MR) is 197 cm³/mol. The number of hydrogen-bond donors (Lipinski definition) is 1. The maximum atomic E-state index is 13.8. The maximum Gasteiger partial charge on any atom is 0.411 e. The van der Waals surface area contributed by atoms with Crippen molar-refractivity contribution in [3.8, 4) is 5.75 Å². The molecule has 2 heterocycles. The molecule has 2 aromatic rings. The van der Waals surface area contributed by atoms with E-state index < -0.39 is 45.9 Å². The Kier molecular flexibility index (Phi) is 10.5. The number of carbonyl (C=O) groups is 3. The second kappa shape index (κ2) is 14.5. The van der Waals surface area contributed by atoms with Crippen molar-refractivity contribution < 1.29 is 37.0 Å². The van der Waals surface area contributed by atoms with Crippen LogP contribution in [-0.2, 0) is 36.1 Å². The highest BCUT2D eigenvalue weighted by molar-refractivity contribution is 7.90. The van der Waals surface area contributed by atoms with Gasteiger partial charge < -0.3 is 24.0 Å². The van der Waals surface area contributed by atoms with E-state index in [1.54, 1.807) is 59.2 Å². The Hall–Kier alpha value is -3.97. The molecule has 2 aliphatic carbocycles. The largest absolute Gasteiger partial charge is 0.490 e. The molecule has 2 aromatic carbocycles. The summed E-state index contributed by atoms with van der Waals surface area (Å²) in [6.45, 7) is 7.97. The van der Waals surface area contributed by atoms with E-state index in [-0.39, 0.29) is 28.7 Å². The number of rotatable bonds is 1. The number of halogens is 1. The quantitative estimate of drug-likeness (QED) is 0.353. The Labute approximate surface area is 311 Å². The lowest BCUT2D eigenvalue weighted by Crippen LogP contribution is -2.51. The van der Waals surface area contributed by atoms with Gasteiger partial charge in [-0.3, -0.25) is 9.69 Å². The number of aryl methyl sites for hydroxylation is 1. The zero-order valence-electron chi connectivity index (χ0n) is 30.7. The first-order valence-electron chi connectivity index (χ1n) is 17.9. The van der Waals surface area contributed by atoms with Gasteiger partial charge in [0.25, 0.3) is 15.9 Å². The number of carbonyl (C=O) groups excluding carboxylic acids is 3. The molecule has 0 saturated heterocycles. The van der Waals surface area contributed by atoms with Gasteiger partial charge in [-0.05, 0) is 113 Å². The van der Waals surface area contributed by atoms with E-state index in [1.807, 2.05) is 12.1 Å². The summed E-state index contributed by atoms with van der Waals surface area (Å²) in [5.41, 5.74) is 1.71. The summed E-state index contributed by atoms with van der Waals surface area (Å²) in [5.74, 6) is -0.341. The standard InChI is InChI=1S/C38H49ClN4O8S/c1-24-34(44)40-52(47,48)28-13-16-33-31(20-28)42(22-38(23-49-33)17-7-9-25-19-27(39)12-15-30(25)38)21-26-11-14-29(26)32(50-35(45)41(5)6)10-8-18-43(24)36(46)51-37(2,3)4/h8,10,12-13,15-16,19-20,24,26,29,32H,7,9,11,14,17-18,21-23H2,1-6H3,(H,40,44)/b10-8-/t24-,26+,29-,32+,38+/m1/s1. The molecule has 282 valence electrons. The molecule has 1 saturated carbocycles. The van der Waals surface area contributed by atoms with Crippen LogP contribution in [0.2, 0.25) is 5.02 Å². The molecule has 2 bridgehead atoms. The van der Waals surface area contributed by atoms with Gasteiger partial charge in [0, 0.05) is 50.1 Å². The van der Waals surface area contributed by atoms with Gasteiger partial charge in [0.1, 0.15) is 23.5 Å². The number of benzene rings is 2. The van der Waals surface area contributed by atoms with Gasteiger partial charge in [0.15, 0.2) is 0 Å². The van der Waals surface area contributed by atoms with Crippen molar-refractivity contribution in [1.29, 1.82) is 0 Å². The minimum atomic E-state index is -4.37. The van der Waals surface area contributed by atoms with Gasteiger partial charge in [-0.2, -0.15) is 0 Å². The van der Waals surface area contributed by atoms with Crippen LogP contribution >= 0.6 is 11.6 Å². The van der Waals surface area contributed by atoms with Crippen molar-refractivity contribution in [1.82, 2.24) is 14.5 Å². The minimum absolute atomic E-state index is 0.0586. The van der Waals surface area contributed by atoms with Crippen LogP contribution in [0.5, 0.6) is 5.75 Å². The molecule has 3 amide bonds. The SMILES string of the molecule is C[C@@H]1C(=O)NS(=O)(=O)c2ccc3c(c2)N(C[C@@H]2CC[C@H]2[C@@H](OC(=O)N(C)C)/C=C\CN1C(=O)OC(C)(C)C)C[C@@]1(CCCc2cc(Cl)ccc21)CO3. The molecule has 1 N–H and O–H groups in total. The Bertz CT molecular complexity index is 1860. The van der Waals surface area contributed by atoms with Crippen LogP contribution in [-0.4, -0.2) is 94.4 Å². The second-order valence-electron chi connectivity index (χ2n) is 15.7. The topological polar surface area (TPSA) is 135 Å². The number of amides is 3. The predicted octanol–water partition coefficient (Wildman–Crippen LogP) is 5.91. The van der Waals surface area contributed by atoms with Crippen LogP contribution in [0.4, 0.5) is 15.3 Å². The first-order valence-corrected chi connectivity index (χ1v) is 19.7. The first kappa shape index (κ1) is 37.8. The van der Waals surface area contributed by atoms with Crippen LogP contribution in [0.1, 0.15) is 64.5 Å².